The van der Waals surface area contributed by atoms with Crippen molar-refractivity contribution in [3.8, 4) is 0 Å². The molecule has 19 heavy (non-hydrogen) atoms. The number of hydrogen-bond donors (Lipinski definition) is 2. The summed E-state index contributed by atoms with van der Waals surface area (Å²) in [6.07, 6.45) is 1.22. The number of nitrogens with zero attached hydrogens (tertiary/aromatic N) is 3. The molecule has 1 fully saturated rings. The molecule has 8 nitrogen and oxygen atoms in total. The van der Waals surface area contributed by atoms with Gasteiger partial charge in [-0.2, -0.15) is 0 Å². The maximum atomic E-state index is 12.3. The fraction of sp³-hybridized carbons (Fsp3) is 0.545. The minimum absolute atomic E-state index is 0.0615. The number of carbonyl (C=O) groups excluding carboxylic acids is 1. The van der Waals surface area contributed by atoms with Crippen LogP contribution in [0.2, 0.25) is 0 Å². The number of hydrogen-bond acceptors (Lipinski definition) is 5. The summed E-state index contributed by atoms with van der Waals surface area (Å²) in [5, 5.41) is 10.6. The zero-order chi connectivity index (χ0) is 14.0. The SMILES string of the molecule is CN1CCN(C(=O)c2cc([N+](=O)[O-])c[nH]2)C(CN)C1. The van der Waals surface area contributed by atoms with Gasteiger partial charge in [0.05, 0.1) is 17.2 Å². The smallest absolute Gasteiger partial charge is 0.287 e. The summed E-state index contributed by atoms with van der Waals surface area (Å²) in [4.78, 5) is 28.8. The Hall–Kier alpha value is -1.93. The van der Waals surface area contributed by atoms with E-state index in [2.05, 4.69) is 9.88 Å². The largest absolute Gasteiger partial charge is 0.351 e. The molecular formula is C11H17N5O3. The van der Waals surface area contributed by atoms with Gasteiger partial charge in [0.2, 0.25) is 0 Å². The van der Waals surface area contributed by atoms with Crippen molar-refractivity contribution in [2.24, 2.45) is 5.73 Å². The molecule has 1 aromatic heterocycles. The van der Waals surface area contributed by atoms with Crippen molar-refractivity contribution >= 4 is 11.6 Å². The molecule has 1 aliphatic rings. The lowest BCUT2D eigenvalue weighted by atomic mass is 10.1. The first-order chi connectivity index (χ1) is 9.02. The Morgan fingerprint density at radius 2 is 2.37 bits per heavy atom. The van der Waals surface area contributed by atoms with Crippen molar-refractivity contribution in [2.45, 2.75) is 6.04 Å². The quantitative estimate of drug-likeness (QED) is 0.574. The van der Waals surface area contributed by atoms with Crippen molar-refractivity contribution in [1.29, 1.82) is 0 Å². The lowest BCUT2D eigenvalue weighted by Gasteiger charge is -2.39. The summed E-state index contributed by atoms with van der Waals surface area (Å²) in [5.74, 6) is -0.239. The number of aromatic amines is 1. The van der Waals surface area contributed by atoms with Crippen molar-refractivity contribution in [1.82, 2.24) is 14.8 Å². The van der Waals surface area contributed by atoms with Crippen molar-refractivity contribution in [3.63, 3.8) is 0 Å². The van der Waals surface area contributed by atoms with E-state index in [4.69, 9.17) is 5.73 Å². The maximum Gasteiger partial charge on any atom is 0.287 e. The fourth-order valence-electron chi connectivity index (χ4n) is 2.25. The summed E-state index contributed by atoms with van der Waals surface area (Å²) in [6, 6.07) is 1.20. The number of rotatable bonds is 3. The zero-order valence-electron chi connectivity index (χ0n) is 10.7. The number of H-pyrrole nitrogens is 1. The van der Waals surface area contributed by atoms with Crippen LogP contribution in [0.1, 0.15) is 10.5 Å². The van der Waals surface area contributed by atoms with Gasteiger partial charge in [0.1, 0.15) is 5.69 Å². The van der Waals surface area contributed by atoms with E-state index in [-0.39, 0.29) is 23.3 Å². The van der Waals surface area contributed by atoms with Crippen LogP contribution in [0, 0.1) is 10.1 Å². The van der Waals surface area contributed by atoms with Crippen LogP contribution in [0.4, 0.5) is 5.69 Å². The summed E-state index contributed by atoms with van der Waals surface area (Å²) in [6.45, 7) is 2.43. The number of amides is 1. The minimum atomic E-state index is -0.530. The Bertz CT molecular complexity index is 486. The molecule has 0 saturated carbocycles. The van der Waals surface area contributed by atoms with E-state index >= 15 is 0 Å². The molecule has 2 rings (SSSR count). The summed E-state index contributed by atoms with van der Waals surface area (Å²) >= 11 is 0. The van der Waals surface area contributed by atoms with Crippen LogP contribution in [0.25, 0.3) is 0 Å². The van der Waals surface area contributed by atoms with E-state index in [1.807, 2.05) is 7.05 Å². The third kappa shape index (κ3) is 2.74. The molecule has 8 heteroatoms. The van der Waals surface area contributed by atoms with Gasteiger partial charge in [-0.1, -0.05) is 0 Å². The first-order valence-corrected chi connectivity index (χ1v) is 6.05. The molecule has 3 N–H and O–H groups in total. The maximum absolute atomic E-state index is 12.3. The average molecular weight is 267 g/mol. The minimum Gasteiger partial charge on any atom is -0.351 e. The standard InChI is InChI=1S/C11H17N5O3/c1-14-2-3-15(9(5-12)7-14)11(17)10-4-8(6-13-10)16(18)19/h4,6,9,13H,2-3,5,7,12H2,1H3. The molecule has 1 aromatic rings. The van der Waals surface area contributed by atoms with Crippen LogP contribution >= 0.6 is 0 Å². The van der Waals surface area contributed by atoms with Crippen LogP contribution in [0.5, 0.6) is 0 Å². The first kappa shape index (κ1) is 13.5. The van der Waals surface area contributed by atoms with Crippen LogP contribution in [0.15, 0.2) is 12.3 Å². The van der Waals surface area contributed by atoms with Gasteiger partial charge < -0.3 is 20.5 Å². The molecule has 0 radical (unpaired) electrons. The molecule has 2 heterocycles. The highest BCUT2D eigenvalue weighted by Crippen LogP contribution is 2.16. The molecule has 1 aliphatic heterocycles. The second kappa shape index (κ2) is 5.37. The van der Waals surface area contributed by atoms with E-state index in [1.54, 1.807) is 4.90 Å². The predicted octanol–water partition coefficient (Wildman–Crippen LogP) is -0.362. The number of nitrogens with one attached hydrogen (secondary N) is 1. The normalized spacial score (nSPS) is 20.5. The van der Waals surface area contributed by atoms with Crippen LogP contribution in [-0.4, -0.2) is 64.9 Å². The highest BCUT2D eigenvalue weighted by atomic mass is 16.6. The highest BCUT2D eigenvalue weighted by molar-refractivity contribution is 5.93. The number of carbonyl (C=O) groups is 1. The van der Waals surface area contributed by atoms with Gasteiger partial charge in [-0.15, -0.1) is 0 Å². The molecule has 1 unspecified atom stereocenters. The van der Waals surface area contributed by atoms with Gasteiger partial charge in [0.25, 0.3) is 11.6 Å². The van der Waals surface area contributed by atoms with E-state index in [9.17, 15) is 14.9 Å². The van der Waals surface area contributed by atoms with E-state index in [1.165, 1.54) is 12.3 Å². The van der Waals surface area contributed by atoms with Crippen molar-refractivity contribution in [2.75, 3.05) is 33.2 Å². The lowest BCUT2D eigenvalue weighted by molar-refractivity contribution is -0.384. The third-order valence-electron chi connectivity index (χ3n) is 3.33. The first-order valence-electron chi connectivity index (χ1n) is 6.05. The van der Waals surface area contributed by atoms with Crippen LogP contribution in [-0.2, 0) is 0 Å². The molecular weight excluding hydrogens is 250 g/mol. The zero-order valence-corrected chi connectivity index (χ0v) is 10.7. The van der Waals surface area contributed by atoms with Gasteiger partial charge in [0, 0.05) is 32.2 Å². The summed E-state index contributed by atoms with van der Waals surface area (Å²) < 4.78 is 0. The molecule has 0 aromatic carbocycles. The van der Waals surface area contributed by atoms with Gasteiger partial charge in [-0.05, 0) is 7.05 Å². The van der Waals surface area contributed by atoms with E-state index in [0.29, 0.717) is 19.6 Å². The topological polar surface area (TPSA) is 108 Å². The average Bonchev–Trinajstić information content (AvgIpc) is 2.87. The molecule has 1 saturated heterocycles. The van der Waals surface area contributed by atoms with E-state index < -0.39 is 4.92 Å². The number of nitrogens with two attached hydrogens (primary N) is 1. The van der Waals surface area contributed by atoms with Gasteiger partial charge in [-0.25, -0.2) is 0 Å². The Morgan fingerprint density at radius 1 is 1.63 bits per heavy atom. The molecule has 0 spiro atoms. The Balaban J connectivity index is 2.15. The number of piperazine rings is 1. The fourth-order valence-corrected chi connectivity index (χ4v) is 2.25. The Morgan fingerprint density at radius 3 is 2.95 bits per heavy atom. The monoisotopic (exact) mass is 267 g/mol. The van der Waals surface area contributed by atoms with Gasteiger partial charge in [-0.3, -0.25) is 14.9 Å². The number of nitro groups is 1. The highest BCUT2D eigenvalue weighted by Gasteiger charge is 2.30. The number of aromatic nitrogens is 1. The molecule has 1 amide bonds. The predicted molar refractivity (Wildman–Crippen MR) is 68.8 cm³/mol. The third-order valence-corrected chi connectivity index (χ3v) is 3.33. The second-order valence-electron chi connectivity index (χ2n) is 4.68. The molecule has 0 bridgehead atoms. The number of likely N-dealkylation sites (N-methyl/N-ethyl adjacent to an activating group) is 1. The second-order valence-corrected chi connectivity index (χ2v) is 4.68. The van der Waals surface area contributed by atoms with Gasteiger partial charge >= 0.3 is 0 Å². The van der Waals surface area contributed by atoms with Crippen LogP contribution in [0.3, 0.4) is 0 Å². The summed E-state index contributed by atoms with van der Waals surface area (Å²) in [7, 11) is 1.98. The molecule has 0 aliphatic carbocycles. The van der Waals surface area contributed by atoms with Gasteiger partial charge in [0.15, 0.2) is 0 Å². The van der Waals surface area contributed by atoms with Crippen molar-refractivity contribution in [3.05, 3.63) is 28.1 Å². The lowest BCUT2D eigenvalue weighted by Crippen LogP contribution is -2.56. The Labute approximate surface area is 110 Å². The Kier molecular flexibility index (Phi) is 3.82. The van der Waals surface area contributed by atoms with Crippen LogP contribution < -0.4 is 5.73 Å². The molecule has 104 valence electrons. The molecule has 1 atom stereocenters. The van der Waals surface area contributed by atoms with Crippen molar-refractivity contribution < 1.29 is 9.72 Å². The summed E-state index contributed by atoms with van der Waals surface area (Å²) in [5.41, 5.74) is 5.81. The van der Waals surface area contributed by atoms with E-state index in [0.717, 1.165) is 6.54 Å².